The van der Waals surface area contributed by atoms with E-state index >= 15 is 0 Å². The van der Waals surface area contributed by atoms with Crippen molar-refractivity contribution in [3.05, 3.63) is 79.9 Å². The highest BCUT2D eigenvalue weighted by molar-refractivity contribution is 5.86. The number of hydrogen-bond donors (Lipinski definition) is 1. The number of esters is 3. The second-order valence-corrected chi connectivity index (χ2v) is 8.23. The summed E-state index contributed by atoms with van der Waals surface area (Å²) in [5, 5.41) is 8.19. The molecule has 0 amide bonds. The third kappa shape index (κ3) is 30.7. The van der Waals surface area contributed by atoms with Crippen LogP contribution in [0.1, 0.15) is 71.8 Å². The maximum atomic E-state index is 10.8. The number of unbranched alkanes of at least 4 members (excludes halogenated alkanes) is 2. The zero-order chi connectivity index (χ0) is 30.3. The molecule has 1 unspecified atom stereocenters. The molecule has 0 aliphatic carbocycles. The molecular formula is C32H50O7. The average Bonchev–Trinajstić information content (AvgIpc) is 2.97. The zero-order valence-electron chi connectivity index (χ0n) is 24.5. The Morgan fingerprint density at radius 1 is 0.872 bits per heavy atom. The lowest BCUT2D eigenvalue weighted by molar-refractivity contribution is -0.140. The van der Waals surface area contributed by atoms with Gasteiger partial charge in [-0.1, -0.05) is 109 Å². The van der Waals surface area contributed by atoms with Crippen LogP contribution in [-0.4, -0.2) is 49.4 Å². The Balaban J connectivity index is -0.000000451. The van der Waals surface area contributed by atoms with Gasteiger partial charge in [-0.2, -0.15) is 0 Å². The van der Waals surface area contributed by atoms with Gasteiger partial charge in [-0.25, -0.2) is 14.4 Å². The van der Waals surface area contributed by atoms with Crippen molar-refractivity contribution in [1.29, 1.82) is 0 Å². The van der Waals surface area contributed by atoms with Crippen molar-refractivity contribution in [3.63, 3.8) is 0 Å². The van der Waals surface area contributed by atoms with Gasteiger partial charge in [0.1, 0.15) is 6.61 Å². The van der Waals surface area contributed by atoms with Crippen LogP contribution in [0.3, 0.4) is 0 Å². The summed E-state index contributed by atoms with van der Waals surface area (Å²) in [7, 11) is 0. The number of benzene rings is 1. The summed E-state index contributed by atoms with van der Waals surface area (Å²) in [6, 6.07) is 10.0. The third-order valence-corrected chi connectivity index (χ3v) is 4.79. The van der Waals surface area contributed by atoms with Gasteiger partial charge in [0.15, 0.2) is 0 Å². The van der Waals surface area contributed by atoms with Crippen LogP contribution in [-0.2, 0) is 28.6 Å². The summed E-state index contributed by atoms with van der Waals surface area (Å²) < 4.78 is 14.1. The molecule has 1 aromatic carbocycles. The SMILES string of the molecule is C=C(C)C(=O)OCCO.C=CC(=O)OCC(CC)CCCC.C=CC(=O)OCCCC.C=Cc1ccccc1. The van der Waals surface area contributed by atoms with E-state index in [1.165, 1.54) is 30.6 Å². The number of hydrogen-bond acceptors (Lipinski definition) is 7. The molecule has 0 aromatic heterocycles. The van der Waals surface area contributed by atoms with E-state index in [1.807, 2.05) is 43.3 Å². The van der Waals surface area contributed by atoms with Gasteiger partial charge >= 0.3 is 17.9 Å². The van der Waals surface area contributed by atoms with Crippen LogP contribution in [0.5, 0.6) is 0 Å². The minimum absolute atomic E-state index is 0.0473. The highest BCUT2D eigenvalue weighted by atomic mass is 16.5. The minimum Gasteiger partial charge on any atom is -0.463 e. The van der Waals surface area contributed by atoms with Gasteiger partial charge < -0.3 is 19.3 Å². The van der Waals surface area contributed by atoms with Crippen LogP contribution < -0.4 is 0 Å². The molecule has 0 bridgehead atoms. The van der Waals surface area contributed by atoms with Gasteiger partial charge in [0.05, 0.1) is 19.8 Å². The first-order chi connectivity index (χ1) is 18.7. The summed E-state index contributed by atoms with van der Waals surface area (Å²) in [5.41, 5.74) is 1.52. The van der Waals surface area contributed by atoms with E-state index in [2.05, 4.69) is 49.6 Å². The molecule has 0 aliphatic rings. The second-order valence-electron chi connectivity index (χ2n) is 8.23. The maximum Gasteiger partial charge on any atom is 0.333 e. The van der Waals surface area contributed by atoms with E-state index in [1.54, 1.807) is 6.92 Å². The largest absolute Gasteiger partial charge is 0.463 e. The molecule has 7 nitrogen and oxygen atoms in total. The molecule has 39 heavy (non-hydrogen) atoms. The van der Waals surface area contributed by atoms with E-state index in [4.69, 9.17) is 9.84 Å². The lowest BCUT2D eigenvalue weighted by atomic mass is 10.0. The normalized spacial score (nSPS) is 9.77. The van der Waals surface area contributed by atoms with E-state index < -0.39 is 5.97 Å². The Morgan fingerprint density at radius 3 is 1.85 bits per heavy atom. The molecule has 0 saturated carbocycles. The Hall–Kier alpha value is -3.45. The molecule has 0 radical (unpaired) electrons. The predicted molar refractivity (Wildman–Crippen MR) is 160 cm³/mol. The van der Waals surface area contributed by atoms with Gasteiger partial charge in [0, 0.05) is 17.7 Å². The molecule has 7 heteroatoms. The number of carbonyl (C=O) groups excluding carboxylic acids is 3. The highest BCUT2D eigenvalue weighted by Gasteiger charge is 2.07. The van der Waals surface area contributed by atoms with Crippen LogP contribution in [0.15, 0.2) is 74.4 Å². The molecule has 1 rings (SSSR count). The highest BCUT2D eigenvalue weighted by Crippen LogP contribution is 2.12. The lowest BCUT2D eigenvalue weighted by Crippen LogP contribution is -2.12. The Bertz CT molecular complexity index is 798. The van der Waals surface area contributed by atoms with Gasteiger partial charge in [-0.05, 0) is 31.2 Å². The van der Waals surface area contributed by atoms with Crippen molar-refractivity contribution in [2.24, 2.45) is 5.92 Å². The summed E-state index contributed by atoms with van der Waals surface area (Å²) >= 11 is 0. The minimum atomic E-state index is -0.455. The summed E-state index contributed by atoms with van der Waals surface area (Å²) in [4.78, 5) is 31.6. The molecule has 0 aliphatic heterocycles. The standard InChI is InChI=1S/C11H20O2.C8H8.C7H12O2.C6H10O3/c1-4-7-8-10(5-2)9-13-11(12)6-3;1-2-8-6-4-3-5-7-8;1-3-5-6-9-7(8)4-2;1-5(2)6(8)9-4-3-7/h6,10H,3-5,7-9H2,1-2H3;2-7H,1H2;4H,2-3,5-6H2,1H3;7H,1,3-4H2,2H3. The summed E-state index contributed by atoms with van der Waals surface area (Å²) in [5.74, 6) is -0.578. The number of carbonyl (C=O) groups is 3. The fraction of sp³-hybridized carbons (Fsp3) is 0.469. The van der Waals surface area contributed by atoms with Crippen molar-refractivity contribution >= 4 is 24.0 Å². The van der Waals surface area contributed by atoms with Gasteiger partial charge in [0.2, 0.25) is 0 Å². The topological polar surface area (TPSA) is 99.1 Å². The van der Waals surface area contributed by atoms with Crippen LogP contribution in [0.2, 0.25) is 0 Å². The molecule has 0 saturated heterocycles. The fourth-order valence-electron chi connectivity index (χ4n) is 2.38. The first kappa shape index (κ1) is 40.1. The first-order valence-corrected chi connectivity index (χ1v) is 13.4. The van der Waals surface area contributed by atoms with E-state index in [0.717, 1.165) is 25.7 Å². The van der Waals surface area contributed by atoms with Crippen molar-refractivity contribution in [1.82, 2.24) is 0 Å². The van der Waals surface area contributed by atoms with Crippen molar-refractivity contribution < 1.29 is 33.7 Å². The quantitative estimate of drug-likeness (QED) is 0.111. The smallest absolute Gasteiger partial charge is 0.333 e. The Kier molecular flexibility index (Phi) is 31.6. The van der Waals surface area contributed by atoms with Gasteiger partial charge in [-0.15, -0.1) is 0 Å². The van der Waals surface area contributed by atoms with Gasteiger partial charge in [-0.3, -0.25) is 0 Å². The maximum absolute atomic E-state index is 10.8. The van der Waals surface area contributed by atoms with Crippen LogP contribution >= 0.6 is 0 Å². The summed E-state index contributed by atoms with van der Waals surface area (Å²) in [6.07, 6.45) is 10.8. The molecule has 220 valence electrons. The molecule has 1 N–H and O–H groups in total. The Morgan fingerprint density at radius 2 is 1.44 bits per heavy atom. The third-order valence-electron chi connectivity index (χ3n) is 4.79. The van der Waals surface area contributed by atoms with Crippen LogP contribution in [0.4, 0.5) is 0 Å². The molecular weight excluding hydrogens is 496 g/mol. The number of aliphatic hydroxyl groups excluding tert-OH is 1. The fourth-order valence-corrected chi connectivity index (χ4v) is 2.38. The van der Waals surface area contributed by atoms with E-state index in [9.17, 15) is 14.4 Å². The Labute approximate surface area is 236 Å². The van der Waals surface area contributed by atoms with E-state index in [-0.39, 0.29) is 25.2 Å². The van der Waals surface area contributed by atoms with Crippen molar-refractivity contribution in [2.45, 2.75) is 66.2 Å². The molecule has 0 heterocycles. The van der Waals surface area contributed by atoms with Crippen molar-refractivity contribution in [2.75, 3.05) is 26.4 Å². The van der Waals surface area contributed by atoms with E-state index in [0.29, 0.717) is 24.7 Å². The second kappa shape index (κ2) is 30.8. The monoisotopic (exact) mass is 546 g/mol. The average molecular weight is 547 g/mol. The first-order valence-electron chi connectivity index (χ1n) is 13.4. The molecule has 1 aromatic rings. The van der Waals surface area contributed by atoms with Crippen molar-refractivity contribution in [3.8, 4) is 0 Å². The number of rotatable bonds is 15. The molecule has 1 atom stereocenters. The molecule has 0 spiro atoms. The zero-order valence-corrected chi connectivity index (χ0v) is 24.5. The summed E-state index contributed by atoms with van der Waals surface area (Å²) in [6.45, 7) is 22.5. The van der Waals surface area contributed by atoms with Crippen LogP contribution in [0, 0.1) is 5.92 Å². The molecule has 0 fully saturated rings. The number of aliphatic hydroxyl groups is 1. The van der Waals surface area contributed by atoms with Gasteiger partial charge in [0.25, 0.3) is 0 Å². The lowest BCUT2D eigenvalue weighted by Gasteiger charge is -2.13. The van der Waals surface area contributed by atoms with Crippen LogP contribution in [0.25, 0.3) is 6.08 Å². The number of ether oxygens (including phenoxy) is 3. The predicted octanol–water partition coefficient (Wildman–Crippen LogP) is 6.88.